The number of likely N-dealkylation sites (N-methyl/N-ethyl adjacent to an activating group) is 1. The zero-order valence-corrected chi connectivity index (χ0v) is 11.2. The molecule has 2 rings (SSSR count). The Hall–Kier alpha value is -1.24. The summed E-state index contributed by atoms with van der Waals surface area (Å²) in [6, 6.07) is 4.65. The maximum Gasteiger partial charge on any atom is 0.0450 e. The molecular formula is C15H21N. The average molecular weight is 215 g/mol. The molecule has 86 valence electrons. The summed E-state index contributed by atoms with van der Waals surface area (Å²) in [7, 11) is 2.16. The van der Waals surface area contributed by atoms with Gasteiger partial charge in [-0.2, -0.15) is 0 Å². The van der Waals surface area contributed by atoms with Gasteiger partial charge in [0.05, 0.1) is 0 Å². The Morgan fingerprint density at radius 2 is 1.69 bits per heavy atom. The first kappa shape index (κ1) is 11.3. The van der Waals surface area contributed by atoms with Gasteiger partial charge in [0.2, 0.25) is 0 Å². The summed E-state index contributed by atoms with van der Waals surface area (Å²) in [4.78, 5) is 2.32. The lowest BCUT2D eigenvalue weighted by atomic mass is 9.82. The molecule has 1 aliphatic rings. The highest BCUT2D eigenvalue weighted by atomic mass is 15.2. The maximum atomic E-state index is 2.34. The van der Waals surface area contributed by atoms with Gasteiger partial charge in [0.15, 0.2) is 0 Å². The fourth-order valence-corrected chi connectivity index (χ4v) is 2.82. The Morgan fingerprint density at radius 3 is 2.25 bits per heavy atom. The number of rotatable bonds is 0. The SMILES string of the molecule is CC=C1N(C)c2cc(C)c(C)cc2C1(C)C. The standard InChI is InChI=1S/C15H21N/c1-7-14-15(4,5)12-8-10(2)11(3)9-13(12)16(14)6/h7-9H,1-6H3. The predicted octanol–water partition coefficient (Wildman–Crippen LogP) is 3.93. The number of hydrogen-bond donors (Lipinski definition) is 0. The van der Waals surface area contributed by atoms with Gasteiger partial charge in [0.25, 0.3) is 0 Å². The Labute approximate surface area is 98.8 Å². The van der Waals surface area contributed by atoms with Crippen LogP contribution >= 0.6 is 0 Å². The first-order chi connectivity index (χ1) is 7.39. The fourth-order valence-electron chi connectivity index (χ4n) is 2.82. The second-order valence-electron chi connectivity index (χ2n) is 5.31. The molecule has 0 unspecified atom stereocenters. The van der Waals surface area contributed by atoms with Crippen molar-refractivity contribution in [2.45, 2.75) is 40.0 Å². The highest BCUT2D eigenvalue weighted by Gasteiger charge is 2.38. The first-order valence-corrected chi connectivity index (χ1v) is 5.92. The zero-order chi connectivity index (χ0) is 12.1. The second kappa shape index (κ2) is 3.38. The molecule has 1 heteroatoms. The van der Waals surface area contributed by atoms with E-state index in [-0.39, 0.29) is 5.41 Å². The number of fused-ring (bicyclic) bond motifs is 1. The number of allylic oxidation sites excluding steroid dienone is 2. The Kier molecular flexibility index (Phi) is 2.37. The minimum Gasteiger partial charge on any atom is -0.347 e. The van der Waals surface area contributed by atoms with E-state index in [1.165, 1.54) is 28.1 Å². The highest BCUT2D eigenvalue weighted by Crippen LogP contribution is 2.47. The maximum absolute atomic E-state index is 2.34. The molecule has 0 saturated heterocycles. The molecule has 0 aliphatic carbocycles. The topological polar surface area (TPSA) is 3.24 Å². The van der Waals surface area contributed by atoms with E-state index in [1.807, 2.05) is 0 Å². The van der Waals surface area contributed by atoms with E-state index in [0.717, 1.165) is 0 Å². The molecule has 0 amide bonds. The van der Waals surface area contributed by atoms with Gasteiger partial charge in [0.1, 0.15) is 0 Å². The summed E-state index contributed by atoms with van der Waals surface area (Å²) in [5, 5.41) is 0. The van der Waals surface area contributed by atoms with Crippen molar-refractivity contribution in [3.8, 4) is 0 Å². The van der Waals surface area contributed by atoms with Crippen molar-refractivity contribution >= 4 is 5.69 Å². The van der Waals surface area contributed by atoms with E-state index < -0.39 is 0 Å². The van der Waals surface area contributed by atoms with E-state index >= 15 is 0 Å². The van der Waals surface area contributed by atoms with E-state index in [1.54, 1.807) is 0 Å². The van der Waals surface area contributed by atoms with Crippen LogP contribution in [0.5, 0.6) is 0 Å². The molecule has 1 aliphatic heterocycles. The number of hydrogen-bond acceptors (Lipinski definition) is 1. The summed E-state index contributed by atoms with van der Waals surface area (Å²) >= 11 is 0. The van der Waals surface area contributed by atoms with Crippen LogP contribution in [-0.2, 0) is 5.41 Å². The third kappa shape index (κ3) is 1.31. The smallest absolute Gasteiger partial charge is 0.0450 e. The lowest BCUT2D eigenvalue weighted by Crippen LogP contribution is -2.22. The molecule has 0 aromatic heterocycles. The predicted molar refractivity (Wildman–Crippen MR) is 71.1 cm³/mol. The van der Waals surface area contributed by atoms with E-state index in [0.29, 0.717) is 0 Å². The third-order valence-corrected chi connectivity index (χ3v) is 3.92. The molecule has 0 saturated carbocycles. The normalized spacial score (nSPS) is 20.4. The molecule has 0 bridgehead atoms. The molecule has 1 heterocycles. The van der Waals surface area contributed by atoms with E-state index in [4.69, 9.17) is 0 Å². The molecule has 0 fully saturated rings. The van der Waals surface area contributed by atoms with E-state index in [2.05, 4.69) is 64.8 Å². The minimum atomic E-state index is 0.136. The minimum absolute atomic E-state index is 0.136. The lowest BCUT2D eigenvalue weighted by molar-refractivity contribution is 0.638. The average Bonchev–Trinajstić information content (AvgIpc) is 2.37. The number of aryl methyl sites for hydroxylation is 2. The first-order valence-electron chi connectivity index (χ1n) is 5.92. The Balaban J connectivity index is 2.72. The molecule has 0 N–H and O–H groups in total. The van der Waals surface area contributed by atoms with Crippen LogP contribution in [-0.4, -0.2) is 7.05 Å². The van der Waals surface area contributed by atoms with Gasteiger partial charge >= 0.3 is 0 Å². The van der Waals surface area contributed by atoms with Gasteiger partial charge in [0, 0.05) is 23.8 Å². The number of nitrogens with zero attached hydrogens (tertiary/aromatic N) is 1. The van der Waals surface area contributed by atoms with Crippen LogP contribution in [0.15, 0.2) is 23.9 Å². The van der Waals surface area contributed by atoms with Gasteiger partial charge in [-0.3, -0.25) is 0 Å². The van der Waals surface area contributed by atoms with Gasteiger partial charge < -0.3 is 4.90 Å². The van der Waals surface area contributed by atoms with Gasteiger partial charge in [-0.1, -0.05) is 26.0 Å². The molecular weight excluding hydrogens is 194 g/mol. The molecule has 1 aromatic carbocycles. The van der Waals surface area contributed by atoms with Crippen molar-refractivity contribution in [1.82, 2.24) is 0 Å². The van der Waals surface area contributed by atoms with Crippen molar-refractivity contribution in [2.75, 3.05) is 11.9 Å². The summed E-state index contributed by atoms with van der Waals surface area (Å²) in [5.41, 5.74) is 7.10. The summed E-state index contributed by atoms with van der Waals surface area (Å²) < 4.78 is 0. The van der Waals surface area contributed by atoms with Crippen LogP contribution in [0.3, 0.4) is 0 Å². The lowest BCUT2D eigenvalue weighted by Gasteiger charge is -2.23. The van der Waals surface area contributed by atoms with Crippen molar-refractivity contribution in [2.24, 2.45) is 0 Å². The number of anilines is 1. The molecule has 1 aromatic rings. The van der Waals surface area contributed by atoms with Crippen molar-refractivity contribution < 1.29 is 0 Å². The molecule has 0 radical (unpaired) electrons. The van der Waals surface area contributed by atoms with Crippen LogP contribution in [0.2, 0.25) is 0 Å². The quantitative estimate of drug-likeness (QED) is 0.633. The monoisotopic (exact) mass is 215 g/mol. The van der Waals surface area contributed by atoms with Crippen molar-refractivity contribution in [1.29, 1.82) is 0 Å². The summed E-state index contributed by atoms with van der Waals surface area (Å²) in [6.45, 7) is 11.1. The third-order valence-electron chi connectivity index (χ3n) is 3.92. The summed E-state index contributed by atoms with van der Waals surface area (Å²) in [6.07, 6.45) is 2.23. The zero-order valence-electron chi connectivity index (χ0n) is 11.2. The van der Waals surface area contributed by atoms with Gasteiger partial charge in [-0.05, 0) is 43.5 Å². The van der Waals surface area contributed by atoms with Crippen LogP contribution in [0.25, 0.3) is 0 Å². The van der Waals surface area contributed by atoms with Crippen LogP contribution in [0, 0.1) is 13.8 Å². The van der Waals surface area contributed by atoms with Gasteiger partial charge in [-0.25, -0.2) is 0 Å². The number of benzene rings is 1. The largest absolute Gasteiger partial charge is 0.347 e. The summed E-state index contributed by atoms with van der Waals surface area (Å²) in [5.74, 6) is 0. The molecule has 16 heavy (non-hydrogen) atoms. The van der Waals surface area contributed by atoms with Crippen LogP contribution in [0.1, 0.15) is 37.5 Å². The van der Waals surface area contributed by atoms with Crippen molar-refractivity contribution in [3.05, 3.63) is 40.6 Å². The highest BCUT2D eigenvalue weighted by molar-refractivity contribution is 5.71. The molecule has 0 spiro atoms. The molecule has 1 nitrogen and oxygen atoms in total. The van der Waals surface area contributed by atoms with Crippen molar-refractivity contribution in [3.63, 3.8) is 0 Å². The fraction of sp³-hybridized carbons (Fsp3) is 0.467. The Bertz CT molecular complexity index is 467. The van der Waals surface area contributed by atoms with E-state index in [9.17, 15) is 0 Å². The Morgan fingerprint density at radius 1 is 1.12 bits per heavy atom. The molecule has 0 atom stereocenters. The van der Waals surface area contributed by atoms with Crippen LogP contribution < -0.4 is 4.90 Å². The van der Waals surface area contributed by atoms with Gasteiger partial charge in [-0.15, -0.1) is 0 Å². The van der Waals surface area contributed by atoms with Crippen LogP contribution in [0.4, 0.5) is 5.69 Å². The second-order valence-corrected chi connectivity index (χ2v) is 5.31.